The van der Waals surface area contributed by atoms with Gasteiger partial charge in [0.25, 0.3) is 0 Å². The van der Waals surface area contributed by atoms with Crippen LogP contribution in [0.5, 0.6) is 0 Å². The summed E-state index contributed by atoms with van der Waals surface area (Å²) in [4.78, 5) is 13.9. The topological polar surface area (TPSA) is 50.8 Å². The van der Waals surface area contributed by atoms with Crippen molar-refractivity contribution in [2.24, 2.45) is 5.92 Å². The molecule has 3 rings (SSSR count). The van der Waals surface area contributed by atoms with Gasteiger partial charge in [0, 0.05) is 26.1 Å². The standard InChI is InChI=1S/C21H34N2O3.C2H6/c1-3-23(4-2)20(24)16-25-14-9-17-15-21(10-12-22-13-11-21)26-19-8-6-5-7-18(17)19;1-2/h5,7,17,22H,3-4,6,8-16H2,1-2H3;1-2H3. The molecule has 5 nitrogen and oxygen atoms in total. The lowest BCUT2D eigenvalue weighted by Gasteiger charge is -2.46. The van der Waals surface area contributed by atoms with Crippen molar-refractivity contribution in [1.29, 1.82) is 0 Å². The van der Waals surface area contributed by atoms with E-state index in [1.807, 2.05) is 32.6 Å². The number of amides is 1. The van der Waals surface area contributed by atoms with Crippen LogP contribution in [0.2, 0.25) is 0 Å². The van der Waals surface area contributed by atoms with E-state index in [0.29, 0.717) is 12.5 Å². The van der Waals surface area contributed by atoms with Gasteiger partial charge in [-0.25, -0.2) is 0 Å². The van der Waals surface area contributed by atoms with E-state index in [0.717, 1.165) is 64.7 Å². The van der Waals surface area contributed by atoms with Crippen LogP contribution in [0.1, 0.15) is 66.2 Å². The molecular weight excluding hydrogens is 352 g/mol. The molecule has 1 N–H and O–H groups in total. The van der Waals surface area contributed by atoms with Crippen LogP contribution in [-0.2, 0) is 14.3 Å². The van der Waals surface area contributed by atoms with Crippen molar-refractivity contribution in [3.8, 4) is 0 Å². The highest BCUT2D eigenvalue weighted by Gasteiger charge is 2.42. The van der Waals surface area contributed by atoms with Gasteiger partial charge in [0.1, 0.15) is 18.0 Å². The molecule has 160 valence electrons. The number of ether oxygens (including phenoxy) is 2. The molecule has 0 aromatic heterocycles. The van der Waals surface area contributed by atoms with Crippen molar-refractivity contribution in [1.82, 2.24) is 10.2 Å². The largest absolute Gasteiger partial charge is 0.491 e. The number of nitrogens with one attached hydrogen (secondary N) is 1. The molecule has 1 unspecified atom stereocenters. The Balaban J connectivity index is 0.00000136. The van der Waals surface area contributed by atoms with Gasteiger partial charge in [-0.3, -0.25) is 4.79 Å². The number of hydrogen-bond acceptors (Lipinski definition) is 4. The molecule has 0 bridgehead atoms. The number of likely N-dealkylation sites (N-methyl/N-ethyl adjacent to an activating group) is 1. The zero-order valence-electron chi connectivity index (χ0n) is 18.4. The fourth-order valence-electron chi connectivity index (χ4n) is 4.50. The molecule has 5 heteroatoms. The molecule has 1 spiro atoms. The molecule has 1 fully saturated rings. The Bertz CT molecular complexity index is 546. The highest BCUT2D eigenvalue weighted by Crippen LogP contribution is 2.45. The average molecular weight is 393 g/mol. The number of rotatable bonds is 7. The number of carbonyl (C=O) groups is 1. The van der Waals surface area contributed by atoms with Crippen LogP contribution in [0, 0.1) is 5.92 Å². The molecule has 0 saturated carbocycles. The van der Waals surface area contributed by atoms with Gasteiger partial charge in [0.15, 0.2) is 0 Å². The van der Waals surface area contributed by atoms with Gasteiger partial charge in [-0.1, -0.05) is 26.0 Å². The number of carbonyl (C=O) groups excluding carboxylic acids is 1. The summed E-state index contributed by atoms with van der Waals surface area (Å²) in [5.74, 6) is 1.79. The predicted molar refractivity (Wildman–Crippen MR) is 114 cm³/mol. The molecule has 3 aliphatic rings. The normalized spacial score (nSPS) is 22.8. The first-order chi connectivity index (χ1) is 13.7. The van der Waals surface area contributed by atoms with E-state index in [9.17, 15) is 4.79 Å². The Hall–Kier alpha value is -1.33. The Morgan fingerprint density at radius 3 is 2.68 bits per heavy atom. The van der Waals surface area contributed by atoms with Crippen LogP contribution in [0.25, 0.3) is 0 Å². The van der Waals surface area contributed by atoms with Gasteiger partial charge in [0.2, 0.25) is 5.91 Å². The lowest BCUT2D eigenvalue weighted by molar-refractivity contribution is -0.136. The first-order valence-corrected chi connectivity index (χ1v) is 11.3. The summed E-state index contributed by atoms with van der Waals surface area (Å²) in [5.41, 5.74) is 1.39. The number of allylic oxidation sites excluding steroid dienone is 4. The van der Waals surface area contributed by atoms with E-state index in [1.54, 1.807) is 0 Å². The molecule has 1 amide bonds. The van der Waals surface area contributed by atoms with E-state index in [2.05, 4.69) is 17.5 Å². The summed E-state index contributed by atoms with van der Waals surface area (Å²) in [7, 11) is 0. The summed E-state index contributed by atoms with van der Waals surface area (Å²) in [5, 5.41) is 3.45. The minimum Gasteiger partial charge on any atom is -0.491 e. The molecule has 28 heavy (non-hydrogen) atoms. The van der Waals surface area contributed by atoms with Crippen LogP contribution >= 0.6 is 0 Å². The summed E-state index contributed by atoms with van der Waals surface area (Å²) in [6.45, 7) is 12.4. The van der Waals surface area contributed by atoms with Gasteiger partial charge in [-0.15, -0.1) is 0 Å². The molecular formula is C23H40N2O3. The Morgan fingerprint density at radius 1 is 1.29 bits per heavy atom. The van der Waals surface area contributed by atoms with Crippen LogP contribution < -0.4 is 5.32 Å². The van der Waals surface area contributed by atoms with Crippen molar-refractivity contribution in [2.75, 3.05) is 39.4 Å². The summed E-state index contributed by atoms with van der Waals surface area (Å²) in [6, 6.07) is 0. The molecule has 2 heterocycles. The predicted octanol–water partition coefficient (Wildman–Crippen LogP) is 4.05. The zero-order valence-corrected chi connectivity index (χ0v) is 18.4. The smallest absolute Gasteiger partial charge is 0.248 e. The summed E-state index contributed by atoms with van der Waals surface area (Å²) < 4.78 is 12.3. The second-order valence-corrected chi connectivity index (χ2v) is 7.66. The van der Waals surface area contributed by atoms with Crippen LogP contribution in [0.15, 0.2) is 23.5 Å². The summed E-state index contributed by atoms with van der Waals surface area (Å²) in [6.07, 6.45) is 10.8. The summed E-state index contributed by atoms with van der Waals surface area (Å²) >= 11 is 0. The van der Waals surface area contributed by atoms with Crippen molar-refractivity contribution in [2.45, 2.75) is 71.8 Å². The Morgan fingerprint density at radius 2 is 2.00 bits per heavy atom. The maximum atomic E-state index is 12.1. The van der Waals surface area contributed by atoms with E-state index < -0.39 is 0 Å². The van der Waals surface area contributed by atoms with Crippen molar-refractivity contribution >= 4 is 5.91 Å². The van der Waals surface area contributed by atoms with Crippen LogP contribution in [0.4, 0.5) is 0 Å². The van der Waals surface area contributed by atoms with Crippen LogP contribution in [-0.4, -0.2) is 55.8 Å². The fourth-order valence-corrected chi connectivity index (χ4v) is 4.50. The maximum absolute atomic E-state index is 12.1. The van der Waals surface area contributed by atoms with Crippen molar-refractivity contribution < 1.29 is 14.3 Å². The van der Waals surface area contributed by atoms with Crippen molar-refractivity contribution in [3.63, 3.8) is 0 Å². The van der Waals surface area contributed by atoms with Gasteiger partial charge in [-0.2, -0.15) is 0 Å². The first kappa shape index (κ1) is 23.0. The minimum atomic E-state index is 0.0109. The Labute approximate surface area is 171 Å². The highest BCUT2D eigenvalue weighted by molar-refractivity contribution is 5.77. The fraction of sp³-hybridized carbons (Fsp3) is 0.783. The highest BCUT2D eigenvalue weighted by atomic mass is 16.5. The molecule has 1 aliphatic carbocycles. The third kappa shape index (κ3) is 5.84. The monoisotopic (exact) mass is 392 g/mol. The minimum absolute atomic E-state index is 0.0109. The second-order valence-electron chi connectivity index (χ2n) is 7.66. The van der Waals surface area contributed by atoms with E-state index in [1.165, 1.54) is 11.3 Å². The number of nitrogens with zero attached hydrogens (tertiary/aromatic N) is 1. The lowest BCUT2D eigenvalue weighted by atomic mass is 9.75. The number of hydrogen-bond donors (Lipinski definition) is 1. The maximum Gasteiger partial charge on any atom is 0.248 e. The quantitative estimate of drug-likeness (QED) is 0.664. The van der Waals surface area contributed by atoms with E-state index in [4.69, 9.17) is 9.47 Å². The Kier molecular flexibility index (Phi) is 9.52. The first-order valence-electron chi connectivity index (χ1n) is 11.3. The SMILES string of the molecule is CC.CCN(CC)C(=O)COCCC1CC2(CCNCC2)OC2=C1C=CCC2. The molecule has 0 aromatic rings. The third-order valence-electron chi connectivity index (χ3n) is 6.02. The molecule has 0 radical (unpaired) electrons. The molecule has 1 atom stereocenters. The van der Waals surface area contributed by atoms with E-state index in [-0.39, 0.29) is 18.1 Å². The second kappa shape index (κ2) is 11.6. The number of piperidine rings is 1. The van der Waals surface area contributed by atoms with Gasteiger partial charge in [-0.05, 0) is 70.5 Å². The van der Waals surface area contributed by atoms with Crippen LogP contribution in [0.3, 0.4) is 0 Å². The molecule has 2 aliphatic heterocycles. The van der Waals surface area contributed by atoms with Gasteiger partial charge >= 0.3 is 0 Å². The van der Waals surface area contributed by atoms with E-state index >= 15 is 0 Å². The zero-order chi connectivity index (χ0) is 20.4. The molecule has 0 aromatic carbocycles. The third-order valence-corrected chi connectivity index (χ3v) is 6.02. The molecule has 1 saturated heterocycles. The average Bonchev–Trinajstić information content (AvgIpc) is 2.74. The van der Waals surface area contributed by atoms with Crippen molar-refractivity contribution in [3.05, 3.63) is 23.5 Å². The van der Waals surface area contributed by atoms with Gasteiger partial charge < -0.3 is 19.7 Å². The lowest BCUT2D eigenvalue weighted by Crippen LogP contribution is -2.47. The van der Waals surface area contributed by atoms with Gasteiger partial charge in [0.05, 0.1) is 0 Å².